The molecule has 1 aliphatic heterocycles. The number of aromatic nitrogens is 3. The van der Waals surface area contributed by atoms with Crippen LogP contribution in [0.1, 0.15) is 28.3 Å². The number of aryl methyl sites for hydroxylation is 2. The number of nitrogens with zero attached hydrogens (tertiary/aromatic N) is 5. The number of hydrogen-bond donors (Lipinski definition) is 0. The van der Waals surface area contributed by atoms with Gasteiger partial charge in [-0.2, -0.15) is 0 Å². The van der Waals surface area contributed by atoms with Gasteiger partial charge < -0.3 is 9.64 Å². The van der Waals surface area contributed by atoms with Crippen molar-refractivity contribution in [2.45, 2.75) is 26.4 Å². The van der Waals surface area contributed by atoms with E-state index in [2.05, 4.69) is 20.2 Å². The lowest BCUT2D eigenvalue weighted by molar-refractivity contribution is -0.0164. The highest BCUT2D eigenvalue weighted by molar-refractivity contribution is 7.09. The molecule has 0 unspecified atom stereocenters. The molecule has 0 bridgehead atoms. The maximum absolute atomic E-state index is 5.70. The molecule has 0 spiro atoms. The summed E-state index contributed by atoms with van der Waals surface area (Å²) in [6, 6.07) is 2.07. The number of hydrogen-bond acceptors (Lipinski definition) is 7. The summed E-state index contributed by atoms with van der Waals surface area (Å²) < 4.78 is 5.70. The van der Waals surface area contributed by atoms with Crippen molar-refractivity contribution in [3.63, 3.8) is 0 Å². The van der Waals surface area contributed by atoms with E-state index in [0.717, 1.165) is 47.7 Å². The van der Waals surface area contributed by atoms with Gasteiger partial charge in [-0.15, -0.1) is 11.3 Å². The van der Waals surface area contributed by atoms with Crippen LogP contribution in [-0.2, 0) is 11.3 Å². The van der Waals surface area contributed by atoms with Crippen molar-refractivity contribution in [1.82, 2.24) is 19.9 Å². The zero-order valence-corrected chi connectivity index (χ0v) is 14.9. The van der Waals surface area contributed by atoms with Gasteiger partial charge in [-0.05, 0) is 13.8 Å². The van der Waals surface area contributed by atoms with Crippen LogP contribution < -0.4 is 4.90 Å². The van der Waals surface area contributed by atoms with E-state index in [-0.39, 0.29) is 6.04 Å². The van der Waals surface area contributed by atoms with Crippen LogP contribution in [0.15, 0.2) is 11.4 Å². The Labute approximate surface area is 141 Å². The lowest BCUT2D eigenvalue weighted by atomic mass is 10.2. The molecule has 7 heteroatoms. The summed E-state index contributed by atoms with van der Waals surface area (Å²) in [4.78, 5) is 18.3. The van der Waals surface area contributed by atoms with Crippen LogP contribution >= 0.6 is 11.3 Å². The minimum atomic E-state index is 0.0735. The second-order valence-corrected chi connectivity index (χ2v) is 7.10. The highest BCUT2D eigenvalue weighted by Crippen LogP contribution is 2.25. The molecular formula is C16H23N5OS. The zero-order chi connectivity index (χ0) is 16.4. The van der Waals surface area contributed by atoms with E-state index >= 15 is 0 Å². The third-order valence-corrected chi connectivity index (χ3v) is 4.71. The molecule has 1 atom stereocenters. The van der Waals surface area contributed by atoms with Gasteiger partial charge in [0.05, 0.1) is 30.0 Å². The van der Waals surface area contributed by atoms with Gasteiger partial charge in [0.15, 0.2) is 0 Å². The molecule has 2 aromatic heterocycles. The SMILES string of the molecule is Cc1cc(N(C)C)nc([C@H]2COCCN2Cc2csc(C)n2)n1. The maximum atomic E-state index is 5.70. The summed E-state index contributed by atoms with van der Waals surface area (Å²) in [5.74, 6) is 1.77. The van der Waals surface area contributed by atoms with Gasteiger partial charge in [-0.1, -0.05) is 0 Å². The monoisotopic (exact) mass is 333 g/mol. The van der Waals surface area contributed by atoms with Crippen LogP contribution in [0.5, 0.6) is 0 Å². The number of thiazole rings is 1. The van der Waals surface area contributed by atoms with Crippen LogP contribution in [-0.4, -0.2) is 53.7 Å². The average Bonchev–Trinajstić information content (AvgIpc) is 2.92. The summed E-state index contributed by atoms with van der Waals surface area (Å²) in [7, 11) is 4.00. The van der Waals surface area contributed by atoms with Crippen molar-refractivity contribution in [3.8, 4) is 0 Å². The summed E-state index contributed by atoms with van der Waals surface area (Å²) in [5.41, 5.74) is 2.09. The molecule has 23 heavy (non-hydrogen) atoms. The molecule has 3 rings (SSSR count). The number of anilines is 1. The first-order valence-corrected chi connectivity index (χ1v) is 8.66. The van der Waals surface area contributed by atoms with Crippen LogP contribution in [0.4, 0.5) is 5.82 Å². The number of rotatable bonds is 4. The Bertz CT molecular complexity index is 672. The van der Waals surface area contributed by atoms with Gasteiger partial charge >= 0.3 is 0 Å². The minimum Gasteiger partial charge on any atom is -0.378 e. The standard InChI is InChI=1S/C16H23N5OS/c1-11-7-15(20(3)4)19-16(17-11)14-9-22-6-5-21(14)8-13-10-23-12(2)18-13/h7,10,14H,5-6,8-9H2,1-4H3/t14-/m1/s1. The molecule has 0 amide bonds. The van der Waals surface area contributed by atoms with Crippen molar-refractivity contribution < 1.29 is 4.74 Å². The molecule has 1 saturated heterocycles. The van der Waals surface area contributed by atoms with Crippen LogP contribution in [0.2, 0.25) is 0 Å². The van der Waals surface area contributed by atoms with E-state index in [1.807, 2.05) is 38.9 Å². The fourth-order valence-electron chi connectivity index (χ4n) is 2.71. The van der Waals surface area contributed by atoms with Gasteiger partial charge in [0.25, 0.3) is 0 Å². The van der Waals surface area contributed by atoms with Gasteiger partial charge in [0.2, 0.25) is 0 Å². The van der Waals surface area contributed by atoms with Crippen LogP contribution in [0, 0.1) is 13.8 Å². The van der Waals surface area contributed by atoms with Crippen LogP contribution in [0.25, 0.3) is 0 Å². The summed E-state index contributed by atoms with van der Waals surface area (Å²) >= 11 is 1.69. The van der Waals surface area contributed by atoms with E-state index in [0.29, 0.717) is 6.61 Å². The van der Waals surface area contributed by atoms with Gasteiger partial charge in [-0.3, -0.25) is 4.90 Å². The van der Waals surface area contributed by atoms with Crippen molar-refractivity contribution in [3.05, 3.63) is 33.7 Å². The Morgan fingerprint density at radius 3 is 2.83 bits per heavy atom. The smallest absolute Gasteiger partial charge is 0.150 e. The van der Waals surface area contributed by atoms with Crippen molar-refractivity contribution in [2.75, 3.05) is 38.8 Å². The molecule has 3 heterocycles. The molecule has 0 saturated carbocycles. The normalized spacial score (nSPS) is 19.0. The Morgan fingerprint density at radius 2 is 2.13 bits per heavy atom. The Hall–Kier alpha value is -1.57. The lowest BCUT2D eigenvalue weighted by Gasteiger charge is -2.34. The number of ether oxygens (including phenoxy) is 1. The molecule has 0 aromatic carbocycles. The van der Waals surface area contributed by atoms with E-state index in [1.165, 1.54) is 0 Å². The number of morpholine rings is 1. The van der Waals surface area contributed by atoms with Crippen molar-refractivity contribution >= 4 is 17.2 Å². The fraction of sp³-hybridized carbons (Fsp3) is 0.562. The molecule has 0 radical (unpaired) electrons. The van der Waals surface area contributed by atoms with Gasteiger partial charge in [-0.25, -0.2) is 15.0 Å². The second-order valence-electron chi connectivity index (χ2n) is 6.04. The first-order chi connectivity index (χ1) is 11.0. The van der Waals surface area contributed by atoms with E-state index in [4.69, 9.17) is 9.72 Å². The molecule has 0 N–H and O–H groups in total. The Morgan fingerprint density at radius 1 is 1.30 bits per heavy atom. The maximum Gasteiger partial charge on any atom is 0.150 e. The molecule has 1 fully saturated rings. The average molecular weight is 333 g/mol. The van der Waals surface area contributed by atoms with E-state index in [9.17, 15) is 0 Å². The first kappa shape index (κ1) is 16.3. The fourth-order valence-corrected chi connectivity index (χ4v) is 3.31. The third kappa shape index (κ3) is 3.85. The lowest BCUT2D eigenvalue weighted by Crippen LogP contribution is -2.40. The van der Waals surface area contributed by atoms with E-state index in [1.54, 1.807) is 11.3 Å². The Kier molecular flexibility index (Phi) is 4.89. The topological polar surface area (TPSA) is 54.4 Å². The zero-order valence-electron chi connectivity index (χ0n) is 14.1. The molecule has 124 valence electrons. The first-order valence-electron chi connectivity index (χ1n) is 7.78. The van der Waals surface area contributed by atoms with Crippen molar-refractivity contribution in [1.29, 1.82) is 0 Å². The highest BCUT2D eigenvalue weighted by atomic mass is 32.1. The second kappa shape index (κ2) is 6.90. The quantitative estimate of drug-likeness (QED) is 0.855. The third-order valence-electron chi connectivity index (χ3n) is 3.89. The summed E-state index contributed by atoms with van der Waals surface area (Å²) in [5, 5.41) is 3.23. The predicted octanol–water partition coefficient (Wildman–Crippen LogP) is 2.19. The van der Waals surface area contributed by atoms with Gasteiger partial charge in [0, 0.05) is 44.3 Å². The highest BCUT2D eigenvalue weighted by Gasteiger charge is 2.28. The Balaban J connectivity index is 1.86. The molecule has 1 aliphatic rings. The molecule has 6 nitrogen and oxygen atoms in total. The molecular weight excluding hydrogens is 310 g/mol. The molecule has 2 aromatic rings. The van der Waals surface area contributed by atoms with Crippen LogP contribution in [0.3, 0.4) is 0 Å². The predicted molar refractivity (Wildman–Crippen MR) is 91.9 cm³/mol. The summed E-state index contributed by atoms with van der Waals surface area (Å²) in [6.07, 6.45) is 0. The van der Waals surface area contributed by atoms with Gasteiger partial charge in [0.1, 0.15) is 11.6 Å². The van der Waals surface area contributed by atoms with E-state index < -0.39 is 0 Å². The van der Waals surface area contributed by atoms with Crippen molar-refractivity contribution in [2.24, 2.45) is 0 Å². The minimum absolute atomic E-state index is 0.0735. The summed E-state index contributed by atoms with van der Waals surface area (Å²) in [6.45, 7) is 7.10. The molecule has 0 aliphatic carbocycles. The largest absolute Gasteiger partial charge is 0.378 e.